The van der Waals surface area contributed by atoms with E-state index in [-0.39, 0.29) is 5.78 Å². The number of carbonyl (C=O) groups is 1. The van der Waals surface area contributed by atoms with Gasteiger partial charge in [0.2, 0.25) is 5.78 Å². The number of fused-ring (bicyclic) bond motifs is 3. The van der Waals surface area contributed by atoms with Crippen LogP contribution in [-0.4, -0.2) is 10.8 Å². The summed E-state index contributed by atoms with van der Waals surface area (Å²) in [5, 5.41) is 3.51. The van der Waals surface area contributed by atoms with Crippen molar-refractivity contribution in [2.75, 3.05) is 0 Å². The van der Waals surface area contributed by atoms with Crippen molar-refractivity contribution in [2.45, 2.75) is 6.92 Å². The molecule has 0 unspecified atom stereocenters. The second-order valence-electron chi connectivity index (χ2n) is 5.58. The van der Waals surface area contributed by atoms with Crippen LogP contribution in [0, 0.1) is 6.92 Å². The van der Waals surface area contributed by atoms with Gasteiger partial charge in [-0.15, -0.1) is 0 Å². The molecule has 1 heterocycles. The van der Waals surface area contributed by atoms with Crippen LogP contribution in [0.1, 0.15) is 21.6 Å². The first-order chi connectivity index (χ1) is 10.7. The predicted molar refractivity (Wildman–Crippen MR) is 90.4 cm³/mol. The highest BCUT2D eigenvalue weighted by Crippen LogP contribution is 2.29. The number of nitrogens with one attached hydrogen (secondary N) is 1. The van der Waals surface area contributed by atoms with Gasteiger partial charge in [0.05, 0.1) is 5.69 Å². The highest BCUT2D eigenvalue weighted by Gasteiger charge is 2.13. The number of benzene rings is 3. The number of H-pyrrole nitrogens is 1. The molecule has 0 amide bonds. The van der Waals surface area contributed by atoms with Crippen molar-refractivity contribution in [3.8, 4) is 0 Å². The molecule has 0 aliphatic rings. The third-order valence-electron chi connectivity index (χ3n) is 4.13. The van der Waals surface area contributed by atoms with Crippen molar-refractivity contribution < 1.29 is 4.79 Å². The quantitative estimate of drug-likeness (QED) is 0.524. The Balaban J connectivity index is 1.95. The molecule has 0 fully saturated rings. The molecule has 2 nitrogen and oxygen atoms in total. The van der Waals surface area contributed by atoms with Gasteiger partial charge in [0.1, 0.15) is 0 Å². The molecule has 0 aliphatic carbocycles. The first-order valence-corrected chi connectivity index (χ1v) is 7.35. The van der Waals surface area contributed by atoms with Gasteiger partial charge in [0, 0.05) is 16.5 Å². The first-order valence-electron chi connectivity index (χ1n) is 7.35. The van der Waals surface area contributed by atoms with Gasteiger partial charge in [-0.25, -0.2) is 0 Å². The van der Waals surface area contributed by atoms with Crippen molar-refractivity contribution in [1.82, 2.24) is 4.98 Å². The maximum Gasteiger partial charge on any atom is 0.209 e. The van der Waals surface area contributed by atoms with E-state index in [0.717, 1.165) is 10.9 Å². The third-order valence-corrected chi connectivity index (χ3v) is 4.13. The highest BCUT2D eigenvalue weighted by molar-refractivity contribution is 6.14. The zero-order chi connectivity index (χ0) is 15.1. The molecule has 0 saturated heterocycles. The summed E-state index contributed by atoms with van der Waals surface area (Å²) in [5.41, 5.74) is 3.56. The van der Waals surface area contributed by atoms with Crippen LogP contribution in [0.3, 0.4) is 0 Å². The Hall–Kier alpha value is -2.87. The second kappa shape index (κ2) is 4.85. The van der Waals surface area contributed by atoms with E-state index in [1.807, 2.05) is 48.5 Å². The van der Waals surface area contributed by atoms with Crippen molar-refractivity contribution in [3.63, 3.8) is 0 Å². The van der Waals surface area contributed by atoms with E-state index in [4.69, 9.17) is 0 Å². The van der Waals surface area contributed by atoms with Crippen LogP contribution in [0.5, 0.6) is 0 Å². The van der Waals surface area contributed by atoms with E-state index >= 15 is 0 Å². The Morgan fingerprint density at radius 2 is 1.50 bits per heavy atom. The topological polar surface area (TPSA) is 32.9 Å². The summed E-state index contributed by atoms with van der Waals surface area (Å²) in [6.45, 7) is 2.10. The molecule has 4 aromatic rings. The van der Waals surface area contributed by atoms with E-state index in [1.54, 1.807) is 0 Å². The number of hydrogen-bond acceptors (Lipinski definition) is 1. The molecule has 22 heavy (non-hydrogen) atoms. The Bertz CT molecular complexity index is 996. The van der Waals surface area contributed by atoms with Gasteiger partial charge >= 0.3 is 0 Å². The van der Waals surface area contributed by atoms with Crippen LogP contribution in [0.25, 0.3) is 21.7 Å². The number of aromatic nitrogens is 1. The monoisotopic (exact) mass is 285 g/mol. The third kappa shape index (κ3) is 1.92. The molecule has 1 N–H and O–H groups in total. The lowest BCUT2D eigenvalue weighted by Crippen LogP contribution is -2.00. The van der Waals surface area contributed by atoms with E-state index in [1.165, 1.54) is 16.3 Å². The van der Waals surface area contributed by atoms with Crippen LogP contribution >= 0.6 is 0 Å². The molecule has 0 bridgehead atoms. The average molecular weight is 285 g/mol. The van der Waals surface area contributed by atoms with Crippen molar-refractivity contribution in [2.24, 2.45) is 0 Å². The molecule has 0 atom stereocenters. The Kier molecular flexibility index (Phi) is 2.83. The summed E-state index contributed by atoms with van der Waals surface area (Å²) in [5.74, 6) is 0.0264. The van der Waals surface area contributed by atoms with Gasteiger partial charge in [0.25, 0.3) is 0 Å². The molecule has 3 aromatic carbocycles. The number of aromatic amines is 1. The molecule has 0 saturated carbocycles. The highest BCUT2D eigenvalue weighted by atomic mass is 16.1. The lowest BCUT2D eigenvalue weighted by molar-refractivity contribution is 0.103. The lowest BCUT2D eigenvalue weighted by Gasteiger charge is -2.03. The van der Waals surface area contributed by atoms with Crippen LogP contribution in [0.4, 0.5) is 0 Å². The molecule has 0 aliphatic heterocycles. The van der Waals surface area contributed by atoms with Gasteiger partial charge in [0.15, 0.2) is 0 Å². The minimum atomic E-state index is 0.0264. The molecular weight excluding hydrogens is 270 g/mol. The van der Waals surface area contributed by atoms with Crippen LogP contribution in [0.15, 0.2) is 66.7 Å². The van der Waals surface area contributed by atoms with Crippen LogP contribution < -0.4 is 0 Å². The summed E-state index contributed by atoms with van der Waals surface area (Å²) in [6, 6.07) is 21.8. The maximum atomic E-state index is 12.6. The van der Waals surface area contributed by atoms with E-state index in [0.29, 0.717) is 11.3 Å². The number of ketones is 1. The van der Waals surface area contributed by atoms with E-state index in [9.17, 15) is 4.79 Å². The lowest BCUT2D eigenvalue weighted by atomic mass is 10.0. The fourth-order valence-corrected chi connectivity index (χ4v) is 3.03. The van der Waals surface area contributed by atoms with Crippen molar-refractivity contribution >= 4 is 27.5 Å². The summed E-state index contributed by atoms with van der Waals surface area (Å²) < 4.78 is 0. The summed E-state index contributed by atoms with van der Waals surface area (Å²) in [6.07, 6.45) is 0. The van der Waals surface area contributed by atoms with Gasteiger partial charge in [-0.05, 0) is 35.4 Å². The van der Waals surface area contributed by atoms with Gasteiger partial charge in [-0.3, -0.25) is 4.79 Å². The average Bonchev–Trinajstić information content (AvgIpc) is 2.99. The molecule has 2 heteroatoms. The first kappa shape index (κ1) is 12.8. The normalized spacial score (nSPS) is 11.1. The fourth-order valence-electron chi connectivity index (χ4n) is 3.03. The minimum Gasteiger partial charge on any atom is -0.352 e. The zero-order valence-electron chi connectivity index (χ0n) is 12.3. The summed E-state index contributed by atoms with van der Waals surface area (Å²) >= 11 is 0. The van der Waals surface area contributed by atoms with Crippen molar-refractivity contribution in [3.05, 3.63) is 83.6 Å². The maximum absolute atomic E-state index is 12.6. The van der Waals surface area contributed by atoms with E-state index in [2.05, 4.69) is 30.1 Å². The number of rotatable bonds is 2. The van der Waals surface area contributed by atoms with Gasteiger partial charge in [-0.1, -0.05) is 54.6 Å². The summed E-state index contributed by atoms with van der Waals surface area (Å²) in [4.78, 5) is 15.9. The Morgan fingerprint density at radius 3 is 2.27 bits per heavy atom. The molecular formula is C20H15NO. The Morgan fingerprint density at radius 1 is 0.818 bits per heavy atom. The predicted octanol–water partition coefficient (Wildman–Crippen LogP) is 4.86. The molecule has 0 radical (unpaired) electrons. The number of aryl methyl sites for hydroxylation is 1. The smallest absolute Gasteiger partial charge is 0.209 e. The zero-order valence-corrected chi connectivity index (χ0v) is 12.3. The van der Waals surface area contributed by atoms with Crippen molar-refractivity contribution in [1.29, 1.82) is 0 Å². The molecule has 1 aromatic heterocycles. The molecule has 0 spiro atoms. The second-order valence-corrected chi connectivity index (χ2v) is 5.58. The molecule has 106 valence electrons. The SMILES string of the molecule is Cc1cc2[nH]c(C(=O)c3ccccc3)cc2c2ccccc12. The van der Waals surface area contributed by atoms with Gasteiger partial charge < -0.3 is 4.98 Å². The largest absolute Gasteiger partial charge is 0.352 e. The standard InChI is InChI=1S/C20H15NO/c1-13-11-18-17(16-10-6-5-9-15(13)16)12-19(21-18)20(22)14-7-3-2-4-8-14/h2-12,21H,1H3. The fraction of sp³-hybridized carbons (Fsp3) is 0.0500. The molecule has 4 rings (SSSR count). The van der Waals surface area contributed by atoms with Crippen LogP contribution in [-0.2, 0) is 0 Å². The minimum absolute atomic E-state index is 0.0264. The van der Waals surface area contributed by atoms with Gasteiger partial charge in [-0.2, -0.15) is 0 Å². The van der Waals surface area contributed by atoms with Crippen LogP contribution in [0.2, 0.25) is 0 Å². The Labute approximate surface area is 128 Å². The van der Waals surface area contributed by atoms with E-state index < -0.39 is 0 Å². The number of hydrogen-bond donors (Lipinski definition) is 1. The number of carbonyl (C=O) groups excluding carboxylic acids is 1. The summed E-state index contributed by atoms with van der Waals surface area (Å²) in [7, 11) is 0.